The van der Waals surface area contributed by atoms with Gasteiger partial charge in [0.05, 0.1) is 22.0 Å². The van der Waals surface area contributed by atoms with Gasteiger partial charge >= 0.3 is 0 Å². The Labute approximate surface area is 173 Å². The van der Waals surface area contributed by atoms with Crippen LogP contribution < -0.4 is 10.0 Å². The summed E-state index contributed by atoms with van der Waals surface area (Å²) in [5.74, 6) is 1.24. The molecule has 2 N–H and O–H groups in total. The normalized spacial score (nSPS) is 11.3. The van der Waals surface area contributed by atoms with Crippen LogP contribution in [0.4, 0.5) is 5.69 Å². The van der Waals surface area contributed by atoms with Crippen LogP contribution in [-0.2, 0) is 15.8 Å². The molecule has 2 rings (SSSR count). The van der Waals surface area contributed by atoms with Gasteiger partial charge in [0.2, 0.25) is 10.0 Å². The van der Waals surface area contributed by atoms with Crippen molar-refractivity contribution in [3.63, 3.8) is 0 Å². The molecule has 0 radical (unpaired) electrons. The fourth-order valence-corrected chi connectivity index (χ4v) is 3.98. The van der Waals surface area contributed by atoms with Crippen molar-refractivity contribution in [3.8, 4) is 0 Å². The van der Waals surface area contributed by atoms with Crippen LogP contribution in [0.25, 0.3) is 0 Å². The number of rotatable bonds is 8. The lowest BCUT2D eigenvalue weighted by atomic mass is 10.1. The van der Waals surface area contributed by atoms with Crippen molar-refractivity contribution in [2.45, 2.75) is 12.7 Å². The van der Waals surface area contributed by atoms with E-state index >= 15 is 0 Å². The molecule has 0 saturated heterocycles. The maximum Gasteiger partial charge on any atom is 0.251 e. The molecule has 0 unspecified atom stereocenters. The number of aryl methyl sites for hydroxylation is 1. The average molecular weight is 447 g/mol. The molecule has 2 aromatic carbocycles. The Bertz CT molecular complexity index is 934. The smallest absolute Gasteiger partial charge is 0.251 e. The lowest BCUT2D eigenvalue weighted by Crippen LogP contribution is -2.26. The summed E-state index contributed by atoms with van der Waals surface area (Å²) in [5, 5.41) is 3.89. The fourth-order valence-electron chi connectivity index (χ4n) is 2.23. The number of nitrogens with one attached hydrogen (secondary N) is 2. The first-order chi connectivity index (χ1) is 12.7. The van der Waals surface area contributed by atoms with E-state index in [9.17, 15) is 13.2 Å². The van der Waals surface area contributed by atoms with E-state index < -0.39 is 10.0 Å². The number of halogens is 2. The summed E-state index contributed by atoms with van der Waals surface area (Å²) in [6.07, 6.45) is 1.07. The third-order valence-corrected chi connectivity index (χ3v) is 5.94. The highest BCUT2D eigenvalue weighted by atomic mass is 35.5. The maximum absolute atomic E-state index is 12.3. The van der Waals surface area contributed by atoms with Crippen molar-refractivity contribution >= 4 is 56.6 Å². The number of hydrogen-bond acceptors (Lipinski definition) is 4. The van der Waals surface area contributed by atoms with Crippen molar-refractivity contribution in [3.05, 3.63) is 63.1 Å². The molecule has 0 atom stereocenters. The molecular weight excluding hydrogens is 427 g/mol. The standard InChI is InChI=1S/C18H20Cl2N2O3S2/c1-12-3-5-14(10-17(12)22-27(2,24)25)18(23)21-7-8-26-11-13-4-6-15(19)16(20)9-13/h3-6,9-10,22H,7-8,11H2,1-2H3,(H,21,23). The number of carbonyl (C=O) groups is 1. The lowest BCUT2D eigenvalue weighted by molar-refractivity contribution is 0.0956. The van der Waals surface area contributed by atoms with E-state index in [1.54, 1.807) is 36.9 Å². The Morgan fingerprint density at radius 1 is 1.11 bits per heavy atom. The third kappa shape index (κ3) is 7.25. The van der Waals surface area contributed by atoms with E-state index in [1.165, 1.54) is 6.07 Å². The minimum Gasteiger partial charge on any atom is -0.351 e. The molecule has 0 aliphatic rings. The minimum atomic E-state index is -3.40. The predicted octanol–water partition coefficient (Wildman–Crippen LogP) is 4.34. The van der Waals surface area contributed by atoms with Crippen LogP contribution in [0.3, 0.4) is 0 Å². The first-order valence-electron chi connectivity index (χ1n) is 8.04. The molecule has 146 valence electrons. The molecule has 27 heavy (non-hydrogen) atoms. The molecule has 0 spiro atoms. The van der Waals surface area contributed by atoms with Crippen LogP contribution in [0.1, 0.15) is 21.5 Å². The molecule has 0 heterocycles. The van der Waals surface area contributed by atoms with E-state index in [2.05, 4.69) is 10.0 Å². The summed E-state index contributed by atoms with van der Waals surface area (Å²) < 4.78 is 25.2. The zero-order chi connectivity index (χ0) is 20.0. The van der Waals surface area contributed by atoms with Gasteiger partial charge in [-0.3, -0.25) is 9.52 Å². The number of amides is 1. The van der Waals surface area contributed by atoms with Gasteiger partial charge in [-0.15, -0.1) is 0 Å². The highest BCUT2D eigenvalue weighted by molar-refractivity contribution is 7.98. The Hall–Kier alpha value is -1.41. The minimum absolute atomic E-state index is 0.248. The summed E-state index contributed by atoms with van der Waals surface area (Å²) in [6.45, 7) is 2.27. The van der Waals surface area contributed by atoms with Crippen LogP contribution >= 0.6 is 35.0 Å². The van der Waals surface area contributed by atoms with E-state index in [-0.39, 0.29) is 5.91 Å². The summed E-state index contributed by atoms with van der Waals surface area (Å²) in [4.78, 5) is 12.3. The monoisotopic (exact) mass is 446 g/mol. The van der Waals surface area contributed by atoms with Gasteiger partial charge < -0.3 is 5.32 Å². The lowest BCUT2D eigenvalue weighted by Gasteiger charge is -2.10. The van der Waals surface area contributed by atoms with Crippen LogP contribution in [0, 0.1) is 6.92 Å². The Morgan fingerprint density at radius 3 is 2.52 bits per heavy atom. The maximum atomic E-state index is 12.3. The van der Waals surface area contributed by atoms with E-state index in [4.69, 9.17) is 23.2 Å². The number of carbonyl (C=O) groups excluding carboxylic acids is 1. The molecule has 0 aliphatic carbocycles. The predicted molar refractivity (Wildman–Crippen MR) is 115 cm³/mol. The largest absolute Gasteiger partial charge is 0.351 e. The van der Waals surface area contributed by atoms with Crippen LogP contribution in [-0.4, -0.2) is 32.9 Å². The van der Waals surface area contributed by atoms with E-state index in [0.29, 0.717) is 27.8 Å². The molecule has 0 saturated carbocycles. The fraction of sp³-hybridized carbons (Fsp3) is 0.278. The number of anilines is 1. The van der Waals surface area contributed by atoms with Crippen LogP contribution in [0.2, 0.25) is 10.0 Å². The zero-order valence-electron chi connectivity index (χ0n) is 14.9. The van der Waals surface area contributed by atoms with Crippen LogP contribution in [0.5, 0.6) is 0 Å². The third-order valence-electron chi connectivity index (χ3n) is 3.58. The van der Waals surface area contributed by atoms with Crippen molar-refractivity contribution in [2.75, 3.05) is 23.3 Å². The van der Waals surface area contributed by atoms with Crippen LogP contribution in [0.15, 0.2) is 36.4 Å². The molecule has 0 aromatic heterocycles. The SMILES string of the molecule is Cc1ccc(C(=O)NCCSCc2ccc(Cl)c(Cl)c2)cc1NS(C)(=O)=O. The first-order valence-corrected chi connectivity index (χ1v) is 11.8. The average Bonchev–Trinajstić information content (AvgIpc) is 2.58. The van der Waals surface area contributed by atoms with Crippen molar-refractivity contribution in [1.29, 1.82) is 0 Å². The molecular formula is C18H20Cl2N2O3S2. The van der Waals surface area contributed by atoms with Crippen molar-refractivity contribution < 1.29 is 13.2 Å². The van der Waals surface area contributed by atoms with E-state index in [1.807, 2.05) is 12.1 Å². The summed E-state index contributed by atoms with van der Waals surface area (Å²) in [6, 6.07) is 10.4. The number of hydrogen-bond donors (Lipinski definition) is 2. The molecule has 0 fully saturated rings. The molecule has 0 aliphatic heterocycles. The second kappa shape index (κ2) is 9.68. The van der Waals surface area contributed by atoms with Gasteiger partial charge in [0.1, 0.15) is 0 Å². The summed E-state index contributed by atoms with van der Waals surface area (Å²) in [5.41, 5.74) is 2.62. The van der Waals surface area contributed by atoms with Gasteiger partial charge in [-0.05, 0) is 42.3 Å². The second-order valence-electron chi connectivity index (χ2n) is 5.96. The van der Waals surface area contributed by atoms with Crippen molar-refractivity contribution in [2.24, 2.45) is 0 Å². The second-order valence-corrected chi connectivity index (χ2v) is 9.63. The van der Waals surface area contributed by atoms with E-state index in [0.717, 1.165) is 28.9 Å². The van der Waals surface area contributed by atoms with Crippen molar-refractivity contribution in [1.82, 2.24) is 5.32 Å². The van der Waals surface area contributed by atoms with Gasteiger partial charge in [-0.1, -0.05) is 35.3 Å². The van der Waals surface area contributed by atoms with Gasteiger partial charge in [0.25, 0.3) is 5.91 Å². The quantitative estimate of drug-likeness (QED) is 0.591. The van der Waals surface area contributed by atoms with Gasteiger partial charge in [0, 0.05) is 23.6 Å². The Kier molecular flexibility index (Phi) is 7.85. The summed E-state index contributed by atoms with van der Waals surface area (Å²) in [7, 11) is -3.40. The first kappa shape index (κ1) is 21.9. The number of sulfonamides is 1. The number of thioether (sulfide) groups is 1. The zero-order valence-corrected chi connectivity index (χ0v) is 18.0. The van der Waals surface area contributed by atoms with Gasteiger partial charge in [-0.2, -0.15) is 11.8 Å². The summed E-state index contributed by atoms with van der Waals surface area (Å²) >= 11 is 13.5. The highest BCUT2D eigenvalue weighted by Crippen LogP contribution is 2.24. The Morgan fingerprint density at radius 2 is 1.85 bits per heavy atom. The highest BCUT2D eigenvalue weighted by Gasteiger charge is 2.10. The van der Waals surface area contributed by atoms with Gasteiger partial charge in [-0.25, -0.2) is 8.42 Å². The molecule has 9 heteroatoms. The topological polar surface area (TPSA) is 75.3 Å². The molecule has 1 amide bonds. The molecule has 5 nitrogen and oxygen atoms in total. The number of benzene rings is 2. The van der Waals surface area contributed by atoms with Gasteiger partial charge in [0.15, 0.2) is 0 Å². The Balaban J connectivity index is 1.83. The molecule has 0 bridgehead atoms. The molecule has 2 aromatic rings.